The van der Waals surface area contributed by atoms with E-state index >= 15 is 0 Å². The first kappa shape index (κ1) is 15.4. The number of amides is 1. The minimum Gasteiger partial charge on any atom is -0.472 e. The molecule has 1 atom stereocenters. The highest BCUT2D eigenvalue weighted by Crippen LogP contribution is 2.31. The van der Waals surface area contributed by atoms with Gasteiger partial charge in [0.05, 0.1) is 18.4 Å². The van der Waals surface area contributed by atoms with Crippen molar-refractivity contribution in [2.24, 2.45) is 0 Å². The Morgan fingerprint density at radius 2 is 2.22 bits per heavy atom. The molecule has 0 saturated carbocycles. The van der Waals surface area contributed by atoms with Gasteiger partial charge in [-0.2, -0.15) is 13.2 Å². The van der Waals surface area contributed by atoms with Gasteiger partial charge in [0, 0.05) is 25.2 Å². The van der Waals surface area contributed by atoms with Crippen molar-refractivity contribution in [3.63, 3.8) is 0 Å². The fourth-order valence-electron chi connectivity index (χ4n) is 2.39. The molecule has 3 heterocycles. The van der Waals surface area contributed by atoms with Crippen molar-refractivity contribution < 1.29 is 27.1 Å². The number of hydrogen-bond donors (Lipinski definition) is 0. The molecule has 0 aromatic carbocycles. The van der Waals surface area contributed by atoms with Crippen molar-refractivity contribution in [3.05, 3.63) is 48.0 Å². The molecule has 8 heteroatoms. The molecule has 0 N–H and O–H groups in total. The molecule has 1 amide bonds. The van der Waals surface area contributed by atoms with Crippen molar-refractivity contribution in [2.75, 3.05) is 13.1 Å². The number of furan rings is 1. The van der Waals surface area contributed by atoms with Gasteiger partial charge >= 0.3 is 6.18 Å². The number of likely N-dealkylation sites (tertiary alicyclic amines) is 1. The van der Waals surface area contributed by atoms with Gasteiger partial charge in [0.25, 0.3) is 5.91 Å². The zero-order valence-corrected chi connectivity index (χ0v) is 11.9. The van der Waals surface area contributed by atoms with Crippen LogP contribution in [-0.4, -0.2) is 35.0 Å². The van der Waals surface area contributed by atoms with Crippen molar-refractivity contribution >= 4 is 5.91 Å². The summed E-state index contributed by atoms with van der Waals surface area (Å²) in [5.74, 6) is -0.141. The molecule has 122 valence electrons. The summed E-state index contributed by atoms with van der Waals surface area (Å²) < 4.78 is 48.5. The monoisotopic (exact) mass is 326 g/mol. The SMILES string of the molecule is O=C(c1ccco1)N1CCC(Oc2cc(C(F)(F)F)ccn2)C1. The molecular formula is C15H13F3N2O3. The van der Waals surface area contributed by atoms with Crippen LogP contribution in [0, 0.1) is 0 Å². The Bertz CT molecular complexity index is 686. The molecule has 3 rings (SSSR count). The number of carbonyl (C=O) groups is 1. The highest BCUT2D eigenvalue weighted by atomic mass is 19.4. The van der Waals surface area contributed by atoms with E-state index in [1.54, 1.807) is 12.1 Å². The molecule has 2 aromatic rings. The van der Waals surface area contributed by atoms with E-state index in [0.717, 1.165) is 18.3 Å². The van der Waals surface area contributed by atoms with Crippen LogP contribution in [0.25, 0.3) is 0 Å². The molecule has 23 heavy (non-hydrogen) atoms. The molecule has 1 saturated heterocycles. The molecule has 5 nitrogen and oxygen atoms in total. The lowest BCUT2D eigenvalue weighted by molar-refractivity contribution is -0.137. The fraction of sp³-hybridized carbons (Fsp3) is 0.333. The van der Waals surface area contributed by atoms with Gasteiger partial charge in [0.2, 0.25) is 5.88 Å². The first-order valence-electron chi connectivity index (χ1n) is 6.96. The van der Waals surface area contributed by atoms with Gasteiger partial charge in [-0.05, 0) is 18.2 Å². The minimum atomic E-state index is -4.45. The van der Waals surface area contributed by atoms with Crippen LogP contribution in [0.15, 0.2) is 41.1 Å². The number of aromatic nitrogens is 1. The molecular weight excluding hydrogens is 313 g/mol. The third-order valence-electron chi connectivity index (χ3n) is 3.51. The zero-order valence-electron chi connectivity index (χ0n) is 11.9. The molecule has 0 radical (unpaired) electrons. The smallest absolute Gasteiger partial charge is 0.416 e. The van der Waals surface area contributed by atoms with Crippen LogP contribution in [-0.2, 0) is 6.18 Å². The van der Waals surface area contributed by atoms with Gasteiger partial charge in [-0.1, -0.05) is 0 Å². The average molecular weight is 326 g/mol. The quantitative estimate of drug-likeness (QED) is 0.870. The van der Waals surface area contributed by atoms with Crippen LogP contribution < -0.4 is 4.74 Å². The maximum Gasteiger partial charge on any atom is 0.416 e. The van der Waals surface area contributed by atoms with E-state index < -0.39 is 17.8 Å². The van der Waals surface area contributed by atoms with E-state index in [9.17, 15) is 18.0 Å². The zero-order chi connectivity index (χ0) is 16.4. The maximum absolute atomic E-state index is 12.7. The summed E-state index contributed by atoms with van der Waals surface area (Å²) in [5.41, 5.74) is -0.816. The number of rotatable bonds is 3. The Morgan fingerprint density at radius 1 is 1.39 bits per heavy atom. The van der Waals surface area contributed by atoms with Gasteiger partial charge in [-0.3, -0.25) is 4.79 Å². The highest BCUT2D eigenvalue weighted by molar-refractivity contribution is 5.91. The van der Waals surface area contributed by atoms with Crippen molar-refractivity contribution in [3.8, 4) is 5.88 Å². The predicted molar refractivity (Wildman–Crippen MR) is 72.9 cm³/mol. The molecule has 2 aromatic heterocycles. The van der Waals surface area contributed by atoms with Gasteiger partial charge in [0.1, 0.15) is 6.10 Å². The summed E-state index contributed by atoms with van der Waals surface area (Å²) in [5, 5.41) is 0. The van der Waals surface area contributed by atoms with E-state index in [0.29, 0.717) is 13.0 Å². The Hall–Kier alpha value is -2.51. The molecule has 1 unspecified atom stereocenters. The van der Waals surface area contributed by atoms with Crippen LogP contribution in [0.2, 0.25) is 0 Å². The Morgan fingerprint density at radius 3 is 2.91 bits per heavy atom. The van der Waals surface area contributed by atoms with Gasteiger partial charge < -0.3 is 14.1 Å². The van der Waals surface area contributed by atoms with Crippen molar-refractivity contribution in [2.45, 2.75) is 18.7 Å². The number of pyridine rings is 1. The summed E-state index contributed by atoms with van der Waals surface area (Å²) in [7, 11) is 0. The number of alkyl halides is 3. The van der Waals surface area contributed by atoms with Crippen LogP contribution in [0.5, 0.6) is 5.88 Å². The highest BCUT2D eigenvalue weighted by Gasteiger charge is 2.32. The Balaban J connectivity index is 1.63. The third kappa shape index (κ3) is 3.46. The van der Waals surface area contributed by atoms with E-state index in [4.69, 9.17) is 9.15 Å². The Labute approximate surface area is 129 Å². The number of nitrogens with zero attached hydrogens (tertiary/aromatic N) is 2. The third-order valence-corrected chi connectivity index (χ3v) is 3.51. The molecule has 1 fully saturated rings. The van der Waals surface area contributed by atoms with Crippen LogP contribution in [0.1, 0.15) is 22.5 Å². The first-order valence-corrected chi connectivity index (χ1v) is 6.96. The lowest BCUT2D eigenvalue weighted by Crippen LogP contribution is -2.30. The largest absolute Gasteiger partial charge is 0.472 e. The summed E-state index contributed by atoms with van der Waals surface area (Å²) >= 11 is 0. The van der Waals surface area contributed by atoms with Gasteiger partial charge in [-0.25, -0.2) is 4.98 Å². The standard InChI is InChI=1S/C15H13F3N2O3/c16-15(17,18)10-3-5-19-13(8-10)23-11-4-6-20(9-11)14(21)12-2-1-7-22-12/h1-3,5,7-8,11H,4,6,9H2. The van der Waals surface area contributed by atoms with E-state index in [-0.39, 0.29) is 24.1 Å². The number of halogens is 3. The summed E-state index contributed by atoms with van der Waals surface area (Å²) in [4.78, 5) is 17.4. The molecule has 1 aliphatic heterocycles. The minimum absolute atomic E-state index is 0.0999. The van der Waals surface area contributed by atoms with E-state index in [1.165, 1.54) is 11.2 Å². The lowest BCUT2D eigenvalue weighted by Gasteiger charge is -2.16. The normalized spacial score (nSPS) is 18.2. The van der Waals surface area contributed by atoms with Crippen LogP contribution in [0.3, 0.4) is 0 Å². The van der Waals surface area contributed by atoms with Crippen LogP contribution >= 0.6 is 0 Å². The number of carbonyl (C=O) groups excluding carboxylic acids is 1. The molecule has 0 bridgehead atoms. The van der Waals surface area contributed by atoms with Gasteiger partial charge in [-0.15, -0.1) is 0 Å². The second-order valence-electron chi connectivity index (χ2n) is 5.14. The van der Waals surface area contributed by atoms with E-state index in [1.807, 2.05) is 0 Å². The number of ether oxygens (including phenoxy) is 1. The second kappa shape index (κ2) is 5.94. The lowest BCUT2D eigenvalue weighted by atomic mass is 10.2. The van der Waals surface area contributed by atoms with Gasteiger partial charge in [0.15, 0.2) is 5.76 Å². The van der Waals surface area contributed by atoms with E-state index in [2.05, 4.69) is 4.98 Å². The topological polar surface area (TPSA) is 55.6 Å². The summed E-state index contributed by atoms with van der Waals surface area (Å²) in [6.07, 6.45) is -1.87. The summed E-state index contributed by atoms with van der Waals surface area (Å²) in [6.45, 7) is 0.723. The molecule has 0 spiro atoms. The number of hydrogen-bond acceptors (Lipinski definition) is 4. The average Bonchev–Trinajstić information content (AvgIpc) is 3.17. The van der Waals surface area contributed by atoms with Crippen LogP contribution in [0.4, 0.5) is 13.2 Å². The predicted octanol–water partition coefficient (Wildman–Crippen LogP) is 2.99. The van der Waals surface area contributed by atoms with Crippen molar-refractivity contribution in [1.29, 1.82) is 0 Å². The molecule has 0 aliphatic carbocycles. The maximum atomic E-state index is 12.7. The first-order chi connectivity index (χ1) is 10.9. The second-order valence-corrected chi connectivity index (χ2v) is 5.14. The summed E-state index contributed by atoms with van der Waals surface area (Å²) in [6, 6.07) is 4.92. The Kier molecular flexibility index (Phi) is 3.97. The molecule has 1 aliphatic rings. The van der Waals surface area contributed by atoms with Crippen molar-refractivity contribution in [1.82, 2.24) is 9.88 Å². The fourth-order valence-corrected chi connectivity index (χ4v) is 2.39.